The normalized spacial score (nSPS) is 18.6. The number of hydrogen-bond donors (Lipinski definition) is 3. The molecule has 2 unspecified atom stereocenters. The Morgan fingerprint density at radius 1 is 1.18 bits per heavy atom. The van der Waals surface area contributed by atoms with Crippen molar-refractivity contribution in [2.24, 2.45) is 11.0 Å². The Morgan fingerprint density at radius 3 is 2.44 bits per heavy atom. The fourth-order valence-electron chi connectivity index (χ4n) is 4.38. The molecule has 1 aliphatic heterocycles. The number of fused-ring (bicyclic) bond motifs is 1. The van der Waals surface area contributed by atoms with Crippen LogP contribution in [0.1, 0.15) is 20.3 Å². The van der Waals surface area contributed by atoms with Gasteiger partial charge in [0.05, 0.1) is 34.5 Å². The first-order valence-electron chi connectivity index (χ1n) is 12.8. The number of nitrogens with zero attached hydrogens (tertiary/aromatic N) is 3. The van der Waals surface area contributed by atoms with Crippen LogP contribution in [0.2, 0.25) is 5.02 Å². The van der Waals surface area contributed by atoms with Gasteiger partial charge in [0.1, 0.15) is 18.8 Å². The lowest BCUT2D eigenvalue weighted by Gasteiger charge is -2.31. The summed E-state index contributed by atoms with van der Waals surface area (Å²) in [5.74, 6) is 5.85. The zero-order valence-corrected chi connectivity index (χ0v) is 22.6. The summed E-state index contributed by atoms with van der Waals surface area (Å²) in [6, 6.07) is 20.0. The third kappa shape index (κ3) is 6.46. The van der Waals surface area contributed by atoms with E-state index in [1.54, 1.807) is 6.20 Å². The molecule has 0 amide bonds. The molecule has 0 saturated carbocycles. The number of hydrogen-bond acceptors (Lipinski definition) is 8. The minimum atomic E-state index is -0.828. The van der Waals surface area contributed by atoms with Crippen molar-refractivity contribution in [2.45, 2.75) is 38.6 Å². The maximum Gasteiger partial charge on any atom is 0.294 e. The van der Waals surface area contributed by atoms with Crippen LogP contribution in [-0.2, 0) is 4.74 Å². The predicted octanol–water partition coefficient (Wildman–Crippen LogP) is 6.06. The fourth-order valence-corrected chi connectivity index (χ4v) is 4.65. The molecule has 1 aromatic heterocycles. The van der Waals surface area contributed by atoms with E-state index in [1.807, 2.05) is 74.5 Å². The van der Waals surface area contributed by atoms with E-state index in [0.717, 1.165) is 33.5 Å². The molecule has 5 rings (SSSR count). The van der Waals surface area contributed by atoms with Gasteiger partial charge in [0.15, 0.2) is 0 Å². The summed E-state index contributed by atoms with van der Waals surface area (Å²) in [7, 11) is 0. The van der Waals surface area contributed by atoms with Crippen molar-refractivity contribution in [3.05, 3.63) is 83.4 Å². The summed E-state index contributed by atoms with van der Waals surface area (Å²) in [5, 5.41) is 15.0. The van der Waals surface area contributed by atoms with Crippen molar-refractivity contribution in [1.29, 1.82) is 0 Å². The van der Waals surface area contributed by atoms with Crippen molar-refractivity contribution in [3.63, 3.8) is 0 Å². The summed E-state index contributed by atoms with van der Waals surface area (Å²) >= 11 is 6.62. The second kappa shape index (κ2) is 12.9. The lowest BCUT2D eigenvalue weighted by molar-refractivity contribution is -0.112. The number of ether oxygens (including phenoxy) is 2. The molecule has 10 heteroatoms. The average molecular weight is 550 g/mol. The number of benzene rings is 3. The molecule has 204 valence electrons. The molecule has 1 saturated heterocycles. The Hall–Kier alpha value is -3.76. The SMILES string of the molecule is C=CN(N)c1ccc(-c2ccc(-c3cc4nc(OC5CO[C@H](CN=O)C(O)C5)[nH]c4cc3Cl)cc2)cc1.CC. The van der Waals surface area contributed by atoms with E-state index in [-0.39, 0.29) is 13.2 Å². The number of rotatable bonds is 8. The smallest absolute Gasteiger partial charge is 0.294 e. The van der Waals surface area contributed by atoms with Crippen LogP contribution in [0.3, 0.4) is 0 Å². The Kier molecular flexibility index (Phi) is 9.32. The van der Waals surface area contributed by atoms with Crippen molar-refractivity contribution in [3.8, 4) is 28.3 Å². The molecule has 0 radical (unpaired) electrons. The minimum Gasteiger partial charge on any atom is -0.459 e. The standard InChI is InChI=1S/C27H26ClN5O4.C2H6/c1-2-33(29)19-9-7-17(8-10-19)16-3-5-18(6-4-16)21-12-23-24(13-22(21)28)32-27(31-23)37-20-11-25(34)26(14-30-35)36-15-20;1-2/h2-10,12-13,20,25-26,34H,1,11,14-15,29H2,(H,31,32);1-2H3/t20?,25?,26-;/m1./s1. The Labute approximate surface area is 232 Å². The van der Waals surface area contributed by atoms with Gasteiger partial charge in [-0.2, -0.15) is 9.89 Å². The van der Waals surface area contributed by atoms with Crippen LogP contribution in [0.4, 0.5) is 5.69 Å². The van der Waals surface area contributed by atoms with Gasteiger partial charge in [0.2, 0.25) is 0 Å². The molecule has 4 N–H and O–H groups in total. The van der Waals surface area contributed by atoms with E-state index < -0.39 is 18.3 Å². The van der Waals surface area contributed by atoms with Crippen LogP contribution < -0.4 is 15.6 Å². The van der Waals surface area contributed by atoms with Crippen LogP contribution >= 0.6 is 11.6 Å². The van der Waals surface area contributed by atoms with Gasteiger partial charge in [-0.15, -0.1) is 0 Å². The summed E-state index contributed by atoms with van der Waals surface area (Å²) < 4.78 is 11.4. The molecule has 2 heterocycles. The summed E-state index contributed by atoms with van der Waals surface area (Å²) in [4.78, 5) is 18.1. The number of imidazole rings is 1. The quantitative estimate of drug-likeness (QED) is 0.138. The fraction of sp³-hybridized carbons (Fsp3) is 0.276. The van der Waals surface area contributed by atoms with Crippen molar-refractivity contribution in [1.82, 2.24) is 9.97 Å². The van der Waals surface area contributed by atoms with Crippen LogP contribution in [0, 0.1) is 4.91 Å². The van der Waals surface area contributed by atoms with Gasteiger partial charge in [-0.1, -0.05) is 73.6 Å². The van der Waals surface area contributed by atoms with Gasteiger partial charge in [-0.25, -0.2) is 5.84 Å². The first kappa shape index (κ1) is 28.3. The van der Waals surface area contributed by atoms with Crippen LogP contribution in [-0.4, -0.2) is 46.5 Å². The molecule has 0 spiro atoms. The molecule has 9 nitrogen and oxygen atoms in total. The highest BCUT2D eigenvalue weighted by Gasteiger charge is 2.32. The summed E-state index contributed by atoms with van der Waals surface area (Å²) in [6.45, 7) is 7.81. The number of aliphatic hydroxyl groups excluding tert-OH is 1. The first-order chi connectivity index (χ1) is 18.9. The largest absolute Gasteiger partial charge is 0.459 e. The Morgan fingerprint density at radius 2 is 1.82 bits per heavy atom. The number of hydrazine groups is 1. The second-order valence-corrected chi connectivity index (χ2v) is 9.24. The monoisotopic (exact) mass is 549 g/mol. The number of nitrogens with two attached hydrogens (primary N) is 1. The molecule has 39 heavy (non-hydrogen) atoms. The maximum absolute atomic E-state index is 10.5. The minimum absolute atomic E-state index is 0.0875. The van der Waals surface area contributed by atoms with E-state index >= 15 is 0 Å². The summed E-state index contributed by atoms with van der Waals surface area (Å²) in [5.41, 5.74) is 6.21. The molecule has 1 fully saturated rings. The molecule has 1 aliphatic rings. The third-order valence-corrected chi connectivity index (χ3v) is 6.72. The number of aromatic nitrogens is 2. The number of nitrogens with one attached hydrogen (secondary N) is 1. The van der Waals surface area contributed by atoms with E-state index in [1.165, 1.54) is 5.01 Å². The number of H-pyrrole nitrogens is 1. The van der Waals surface area contributed by atoms with Gasteiger partial charge in [-0.05, 0) is 41.0 Å². The Balaban J connectivity index is 0.00000172. The van der Waals surface area contributed by atoms with Crippen LogP contribution in [0.25, 0.3) is 33.3 Å². The van der Waals surface area contributed by atoms with Gasteiger partial charge < -0.3 is 19.6 Å². The molecular weight excluding hydrogens is 518 g/mol. The molecule has 0 bridgehead atoms. The number of aliphatic hydroxyl groups is 1. The van der Waals surface area contributed by atoms with Gasteiger partial charge in [-0.3, -0.25) is 5.01 Å². The molecule has 0 aliphatic carbocycles. The van der Waals surface area contributed by atoms with Gasteiger partial charge >= 0.3 is 0 Å². The molecule has 3 aromatic carbocycles. The van der Waals surface area contributed by atoms with E-state index in [4.69, 9.17) is 26.9 Å². The lowest BCUT2D eigenvalue weighted by Crippen LogP contribution is -2.44. The third-order valence-electron chi connectivity index (χ3n) is 6.40. The second-order valence-electron chi connectivity index (χ2n) is 8.83. The predicted molar refractivity (Wildman–Crippen MR) is 156 cm³/mol. The van der Waals surface area contributed by atoms with E-state index in [9.17, 15) is 10.0 Å². The number of nitroso groups, excluding NO2 is 1. The van der Waals surface area contributed by atoms with Crippen molar-refractivity contribution < 1.29 is 14.6 Å². The van der Waals surface area contributed by atoms with Gasteiger partial charge in [0, 0.05) is 18.2 Å². The maximum atomic E-state index is 10.5. The van der Waals surface area contributed by atoms with Gasteiger partial charge in [0.25, 0.3) is 6.01 Å². The highest BCUT2D eigenvalue weighted by Crippen LogP contribution is 2.34. The number of aromatic amines is 1. The molecule has 3 atom stereocenters. The first-order valence-corrected chi connectivity index (χ1v) is 13.1. The number of anilines is 1. The van der Waals surface area contributed by atoms with Crippen LogP contribution in [0.5, 0.6) is 6.01 Å². The zero-order chi connectivity index (χ0) is 27.9. The topological polar surface area (TPSA) is 126 Å². The molecule has 4 aromatic rings. The zero-order valence-electron chi connectivity index (χ0n) is 21.9. The van der Waals surface area contributed by atoms with E-state index in [2.05, 4.69) is 21.7 Å². The Bertz CT molecular complexity index is 1410. The highest BCUT2D eigenvalue weighted by atomic mass is 35.5. The highest BCUT2D eigenvalue weighted by molar-refractivity contribution is 6.34. The van der Waals surface area contributed by atoms with Crippen LogP contribution in [0.15, 0.2) is 78.6 Å². The van der Waals surface area contributed by atoms with Crippen molar-refractivity contribution in [2.75, 3.05) is 18.2 Å². The molecular formula is C29H32ClN5O4. The van der Waals surface area contributed by atoms with Crippen molar-refractivity contribution >= 4 is 28.3 Å². The summed E-state index contributed by atoms with van der Waals surface area (Å²) in [6.07, 6.45) is 0.0351. The number of halogens is 1. The van der Waals surface area contributed by atoms with E-state index in [0.29, 0.717) is 23.0 Å². The average Bonchev–Trinajstić information content (AvgIpc) is 3.35. The lowest BCUT2D eigenvalue weighted by atomic mass is 10.00.